The summed E-state index contributed by atoms with van der Waals surface area (Å²) in [6, 6.07) is 3.61. The van der Waals surface area contributed by atoms with Crippen LogP contribution in [-0.2, 0) is 6.54 Å². The maximum Gasteiger partial charge on any atom is 0.315 e. The van der Waals surface area contributed by atoms with Gasteiger partial charge < -0.3 is 20.4 Å². The zero-order valence-corrected chi connectivity index (χ0v) is 12.3. The number of hydrogen-bond donors (Lipinski definition) is 2. The van der Waals surface area contributed by atoms with Crippen molar-refractivity contribution in [3.63, 3.8) is 0 Å². The number of hydrogen-bond acceptors (Lipinski definition) is 4. The third-order valence-electron chi connectivity index (χ3n) is 3.46. The Morgan fingerprint density at radius 2 is 2.14 bits per heavy atom. The maximum absolute atomic E-state index is 11.5. The first-order valence-electron chi connectivity index (χ1n) is 7.03. The van der Waals surface area contributed by atoms with Crippen LogP contribution in [0.4, 0.5) is 10.6 Å². The standard InChI is InChI=1S/C15H21N5O/c1-3-6-17-15(21)18-12-13-5-4-7-16-14(13)20-10-8-19(2)9-11-20/h1,4-5,7H,6,8-12H2,2H3,(H2,17,18,21). The van der Waals surface area contributed by atoms with E-state index >= 15 is 0 Å². The van der Waals surface area contributed by atoms with Crippen molar-refractivity contribution in [1.29, 1.82) is 0 Å². The molecule has 2 amide bonds. The van der Waals surface area contributed by atoms with E-state index in [-0.39, 0.29) is 12.6 Å². The zero-order chi connectivity index (χ0) is 15.1. The minimum atomic E-state index is -0.263. The Balaban J connectivity index is 1.97. The molecule has 2 rings (SSSR count). The summed E-state index contributed by atoms with van der Waals surface area (Å²) in [5, 5.41) is 5.38. The Morgan fingerprint density at radius 1 is 1.38 bits per heavy atom. The second kappa shape index (κ2) is 7.50. The molecule has 0 saturated carbocycles. The molecular formula is C15H21N5O. The maximum atomic E-state index is 11.5. The number of nitrogens with one attached hydrogen (secondary N) is 2. The van der Waals surface area contributed by atoms with Gasteiger partial charge in [-0.1, -0.05) is 12.0 Å². The topological polar surface area (TPSA) is 60.5 Å². The lowest BCUT2D eigenvalue weighted by Crippen LogP contribution is -2.45. The van der Waals surface area contributed by atoms with Gasteiger partial charge in [0.2, 0.25) is 0 Å². The highest BCUT2D eigenvalue weighted by Gasteiger charge is 2.17. The summed E-state index contributed by atoms with van der Waals surface area (Å²) in [5.74, 6) is 3.31. The molecule has 1 aliphatic rings. The van der Waals surface area contributed by atoms with Crippen LogP contribution in [0.15, 0.2) is 18.3 Å². The molecule has 0 radical (unpaired) electrons. The number of nitrogens with zero attached hydrogens (tertiary/aromatic N) is 3. The molecule has 0 aliphatic carbocycles. The number of carbonyl (C=O) groups is 1. The summed E-state index contributed by atoms with van der Waals surface area (Å²) in [5.41, 5.74) is 1.01. The quantitative estimate of drug-likeness (QED) is 0.780. The van der Waals surface area contributed by atoms with Gasteiger partial charge in [-0.3, -0.25) is 0 Å². The Bertz CT molecular complexity index is 517. The third kappa shape index (κ3) is 4.36. The number of carbonyl (C=O) groups excluding carboxylic acids is 1. The van der Waals surface area contributed by atoms with E-state index in [1.165, 1.54) is 0 Å². The molecular weight excluding hydrogens is 266 g/mol. The number of aromatic nitrogens is 1. The number of terminal acetylenes is 1. The monoisotopic (exact) mass is 287 g/mol. The first-order chi connectivity index (χ1) is 10.2. The van der Waals surface area contributed by atoms with Crippen molar-refractivity contribution in [2.45, 2.75) is 6.54 Å². The van der Waals surface area contributed by atoms with Crippen LogP contribution in [0.5, 0.6) is 0 Å². The van der Waals surface area contributed by atoms with Crippen molar-refractivity contribution < 1.29 is 4.79 Å². The van der Waals surface area contributed by atoms with E-state index in [1.807, 2.05) is 12.1 Å². The van der Waals surface area contributed by atoms with Crippen LogP contribution in [0.3, 0.4) is 0 Å². The van der Waals surface area contributed by atoms with E-state index in [0.717, 1.165) is 37.6 Å². The zero-order valence-electron chi connectivity index (χ0n) is 12.3. The summed E-state index contributed by atoms with van der Waals surface area (Å²) in [6.07, 6.45) is 6.89. The lowest BCUT2D eigenvalue weighted by atomic mass is 10.2. The van der Waals surface area contributed by atoms with Gasteiger partial charge in [0.25, 0.3) is 0 Å². The molecule has 1 aliphatic heterocycles. The Hall–Kier alpha value is -2.26. The summed E-state index contributed by atoms with van der Waals surface area (Å²) in [4.78, 5) is 20.6. The normalized spacial score (nSPS) is 15.3. The first kappa shape index (κ1) is 15.1. The van der Waals surface area contributed by atoms with Gasteiger partial charge in [0.1, 0.15) is 5.82 Å². The molecule has 0 atom stereocenters. The van der Waals surface area contributed by atoms with E-state index in [2.05, 4.69) is 38.4 Å². The molecule has 21 heavy (non-hydrogen) atoms. The second-order valence-corrected chi connectivity index (χ2v) is 5.02. The van der Waals surface area contributed by atoms with Gasteiger partial charge in [-0.25, -0.2) is 9.78 Å². The minimum absolute atomic E-state index is 0.226. The Morgan fingerprint density at radius 3 is 2.86 bits per heavy atom. The number of anilines is 1. The largest absolute Gasteiger partial charge is 0.354 e. The van der Waals surface area contributed by atoms with Crippen LogP contribution >= 0.6 is 0 Å². The molecule has 1 saturated heterocycles. The van der Waals surface area contributed by atoms with Crippen LogP contribution in [-0.4, -0.2) is 55.7 Å². The van der Waals surface area contributed by atoms with Gasteiger partial charge in [0.05, 0.1) is 6.54 Å². The lowest BCUT2D eigenvalue weighted by Gasteiger charge is -2.34. The summed E-state index contributed by atoms with van der Waals surface area (Å²) >= 11 is 0. The number of piperazine rings is 1. The summed E-state index contributed by atoms with van der Waals surface area (Å²) in [7, 11) is 2.12. The van der Waals surface area contributed by atoms with Crippen LogP contribution in [0.1, 0.15) is 5.56 Å². The van der Waals surface area contributed by atoms with Crippen LogP contribution in [0.25, 0.3) is 0 Å². The number of rotatable bonds is 4. The van der Waals surface area contributed by atoms with E-state index in [0.29, 0.717) is 6.54 Å². The molecule has 1 fully saturated rings. The number of amides is 2. The van der Waals surface area contributed by atoms with E-state index in [4.69, 9.17) is 6.42 Å². The molecule has 2 heterocycles. The van der Waals surface area contributed by atoms with Crippen molar-refractivity contribution >= 4 is 11.8 Å². The number of urea groups is 1. The number of pyridine rings is 1. The average Bonchev–Trinajstić information content (AvgIpc) is 2.52. The summed E-state index contributed by atoms with van der Waals surface area (Å²) < 4.78 is 0. The molecule has 1 aromatic rings. The van der Waals surface area contributed by atoms with E-state index in [9.17, 15) is 4.79 Å². The number of likely N-dealkylation sites (N-methyl/N-ethyl adjacent to an activating group) is 1. The fourth-order valence-electron chi connectivity index (χ4n) is 2.24. The third-order valence-corrected chi connectivity index (χ3v) is 3.46. The second-order valence-electron chi connectivity index (χ2n) is 5.02. The minimum Gasteiger partial charge on any atom is -0.354 e. The molecule has 0 aromatic carbocycles. The molecule has 6 nitrogen and oxygen atoms in total. The van der Waals surface area contributed by atoms with E-state index in [1.54, 1.807) is 6.20 Å². The van der Waals surface area contributed by atoms with Crippen LogP contribution < -0.4 is 15.5 Å². The van der Waals surface area contributed by atoms with Gasteiger partial charge in [-0.2, -0.15) is 0 Å². The van der Waals surface area contributed by atoms with Crippen LogP contribution in [0, 0.1) is 12.3 Å². The van der Waals surface area contributed by atoms with Gasteiger partial charge in [0, 0.05) is 44.5 Å². The molecule has 6 heteroatoms. The highest BCUT2D eigenvalue weighted by atomic mass is 16.2. The first-order valence-corrected chi connectivity index (χ1v) is 7.03. The fourth-order valence-corrected chi connectivity index (χ4v) is 2.24. The average molecular weight is 287 g/mol. The molecule has 2 N–H and O–H groups in total. The van der Waals surface area contributed by atoms with Gasteiger partial charge in [0.15, 0.2) is 0 Å². The predicted octanol–water partition coefficient (Wildman–Crippen LogP) is 0.266. The predicted molar refractivity (Wildman–Crippen MR) is 83.0 cm³/mol. The van der Waals surface area contributed by atoms with Crippen molar-refractivity contribution in [2.24, 2.45) is 0 Å². The van der Waals surface area contributed by atoms with Crippen molar-refractivity contribution in [3.05, 3.63) is 23.9 Å². The Kier molecular flexibility index (Phi) is 5.41. The van der Waals surface area contributed by atoms with E-state index < -0.39 is 0 Å². The van der Waals surface area contributed by atoms with Crippen molar-refractivity contribution in [1.82, 2.24) is 20.5 Å². The molecule has 0 spiro atoms. The van der Waals surface area contributed by atoms with Gasteiger partial charge in [-0.05, 0) is 13.1 Å². The molecule has 112 valence electrons. The van der Waals surface area contributed by atoms with Gasteiger partial charge in [-0.15, -0.1) is 6.42 Å². The lowest BCUT2D eigenvalue weighted by molar-refractivity contribution is 0.241. The summed E-state index contributed by atoms with van der Waals surface area (Å²) in [6.45, 7) is 4.60. The fraction of sp³-hybridized carbons (Fsp3) is 0.467. The molecule has 0 unspecified atom stereocenters. The van der Waals surface area contributed by atoms with Crippen molar-refractivity contribution in [2.75, 3.05) is 44.7 Å². The SMILES string of the molecule is C#CCNC(=O)NCc1cccnc1N1CCN(C)CC1. The van der Waals surface area contributed by atoms with Gasteiger partial charge >= 0.3 is 6.03 Å². The Labute approximate surface area is 125 Å². The van der Waals surface area contributed by atoms with Crippen molar-refractivity contribution in [3.8, 4) is 12.3 Å². The smallest absolute Gasteiger partial charge is 0.315 e. The molecule has 0 bridgehead atoms. The molecule has 1 aromatic heterocycles. The highest BCUT2D eigenvalue weighted by Crippen LogP contribution is 2.18. The van der Waals surface area contributed by atoms with Crippen LogP contribution in [0.2, 0.25) is 0 Å². The highest BCUT2D eigenvalue weighted by molar-refractivity contribution is 5.74.